The van der Waals surface area contributed by atoms with Crippen molar-refractivity contribution in [2.24, 2.45) is 0 Å². The van der Waals surface area contributed by atoms with Gasteiger partial charge in [0.2, 0.25) is 11.8 Å². The number of nitrogens with one attached hydrogen (secondary N) is 1. The second kappa shape index (κ2) is 8.52. The zero-order chi connectivity index (χ0) is 20.2. The van der Waals surface area contributed by atoms with Crippen molar-refractivity contribution in [3.63, 3.8) is 0 Å². The summed E-state index contributed by atoms with van der Waals surface area (Å²) in [5.74, 6) is 1.55. The van der Waals surface area contributed by atoms with Crippen LogP contribution < -0.4 is 10.2 Å². The summed E-state index contributed by atoms with van der Waals surface area (Å²) in [5, 5.41) is 7.77. The first-order valence-electron chi connectivity index (χ1n) is 9.85. The topological polar surface area (TPSA) is 106 Å². The molecule has 1 fully saturated rings. The minimum atomic E-state index is -0.293. The molecule has 0 unspecified atom stereocenters. The standard InChI is InChI=1S/C20H24N6O3/c1-3-28-13(2)18-24-17(29-25-18)11-21-20(27)16-9-6-10-26(16)19-14-7-4-5-8-15(14)22-12-23-19/h4-5,7-8,12-13,16H,3,6,9-11H2,1-2H3,(H,21,27)/t13-,16+/m1/s1. The van der Waals surface area contributed by atoms with Crippen molar-refractivity contribution in [2.75, 3.05) is 18.1 Å². The summed E-state index contributed by atoms with van der Waals surface area (Å²) in [4.78, 5) is 28.0. The highest BCUT2D eigenvalue weighted by atomic mass is 16.5. The number of para-hydroxylation sites is 1. The maximum atomic E-state index is 12.9. The van der Waals surface area contributed by atoms with Crippen molar-refractivity contribution in [1.29, 1.82) is 0 Å². The predicted molar refractivity (Wildman–Crippen MR) is 106 cm³/mol. The lowest BCUT2D eigenvalue weighted by Gasteiger charge is -2.25. The van der Waals surface area contributed by atoms with E-state index in [2.05, 4.69) is 30.3 Å². The van der Waals surface area contributed by atoms with Crippen molar-refractivity contribution < 1.29 is 14.1 Å². The Labute approximate surface area is 168 Å². The number of amides is 1. The minimum absolute atomic E-state index is 0.0807. The molecule has 2 aromatic heterocycles. The van der Waals surface area contributed by atoms with Crippen LogP contribution in [0, 0.1) is 0 Å². The van der Waals surface area contributed by atoms with E-state index in [9.17, 15) is 4.79 Å². The molecule has 3 aromatic rings. The molecule has 0 bridgehead atoms. The molecular formula is C20H24N6O3. The highest BCUT2D eigenvalue weighted by Crippen LogP contribution is 2.29. The van der Waals surface area contributed by atoms with Gasteiger partial charge in [-0.3, -0.25) is 4.79 Å². The molecule has 4 rings (SSSR count). The molecule has 2 atom stereocenters. The van der Waals surface area contributed by atoms with E-state index in [0.717, 1.165) is 36.1 Å². The molecule has 1 aromatic carbocycles. The normalized spacial score (nSPS) is 17.6. The van der Waals surface area contributed by atoms with Crippen LogP contribution in [-0.2, 0) is 16.1 Å². The van der Waals surface area contributed by atoms with E-state index in [1.807, 2.05) is 38.1 Å². The van der Waals surface area contributed by atoms with Crippen molar-refractivity contribution in [1.82, 2.24) is 25.4 Å². The fraction of sp³-hybridized carbons (Fsp3) is 0.450. The SMILES string of the molecule is CCO[C@H](C)c1noc(CNC(=O)[C@@H]2CCCN2c2ncnc3ccccc23)n1. The molecule has 152 valence electrons. The molecule has 1 amide bonds. The summed E-state index contributed by atoms with van der Waals surface area (Å²) in [6.45, 7) is 5.29. The van der Waals surface area contributed by atoms with Gasteiger partial charge in [-0.2, -0.15) is 4.98 Å². The van der Waals surface area contributed by atoms with Gasteiger partial charge in [0.25, 0.3) is 0 Å². The molecule has 3 heterocycles. The zero-order valence-electron chi connectivity index (χ0n) is 16.5. The second-order valence-corrected chi connectivity index (χ2v) is 6.93. The van der Waals surface area contributed by atoms with Gasteiger partial charge >= 0.3 is 0 Å². The molecule has 0 aliphatic carbocycles. The van der Waals surface area contributed by atoms with Crippen molar-refractivity contribution in [3.05, 3.63) is 42.3 Å². The van der Waals surface area contributed by atoms with Crippen LogP contribution in [0.3, 0.4) is 0 Å². The van der Waals surface area contributed by atoms with Gasteiger partial charge in [0, 0.05) is 18.5 Å². The van der Waals surface area contributed by atoms with Crippen LogP contribution in [0.4, 0.5) is 5.82 Å². The number of aromatic nitrogens is 4. The Hall–Kier alpha value is -3.07. The molecule has 1 saturated heterocycles. The van der Waals surface area contributed by atoms with Gasteiger partial charge in [-0.15, -0.1) is 0 Å². The highest BCUT2D eigenvalue weighted by molar-refractivity contribution is 5.93. The molecule has 9 heteroatoms. The summed E-state index contributed by atoms with van der Waals surface area (Å²) >= 11 is 0. The molecule has 29 heavy (non-hydrogen) atoms. The maximum Gasteiger partial charge on any atom is 0.246 e. The fourth-order valence-electron chi connectivity index (χ4n) is 3.62. The van der Waals surface area contributed by atoms with Crippen LogP contribution in [-0.4, -0.2) is 45.2 Å². The lowest BCUT2D eigenvalue weighted by molar-refractivity contribution is -0.122. The Morgan fingerprint density at radius 1 is 1.38 bits per heavy atom. The Morgan fingerprint density at radius 2 is 2.24 bits per heavy atom. The Balaban J connectivity index is 1.44. The number of ether oxygens (including phenoxy) is 1. The number of benzene rings is 1. The van der Waals surface area contributed by atoms with E-state index >= 15 is 0 Å². The van der Waals surface area contributed by atoms with Crippen LogP contribution in [0.25, 0.3) is 10.9 Å². The van der Waals surface area contributed by atoms with Crippen LogP contribution in [0.1, 0.15) is 44.5 Å². The predicted octanol–water partition coefficient (Wildman–Crippen LogP) is 2.40. The fourth-order valence-corrected chi connectivity index (χ4v) is 3.62. The summed E-state index contributed by atoms with van der Waals surface area (Å²) in [6.07, 6.45) is 2.99. The smallest absolute Gasteiger partial charge is 0.246 e. The van der Waals surface area contributed by atoms with Gasteiger partial charge in [-0.1, -0.05) is 17.3 Å². The van der Waals surface area contributed by atoms with E-state index in [0.29, 0.717) is 18.3 Å². The van der Waals surface area contributed by atoms with Crippen molar-refractivity contribution in [2.45, 2.75) is 45.4 Å². The third-order valence-corrected chi connectivity index (χ3v) is 5.03. The van der Waals surface area contributed by atoms with Gasteiger partial charge < -0.3 is 19.5 Å². The molecule has 1 aliphatic rings. The van der Waals surface area contributed by atoms with Gasteiger partial charge in [-0.25, -0.2) is 9.97 Å². The molecule has 1 N–H and O–H groups in total. The van der Waals surface area contributed by atoms with Gasteiger partial charge in [0.05, 0.1) is 12.1 Å². The first kappa shape index (κ1) is 19.3. The van der Waals surface area contributed by atoms with Crippen molar-refractivity contribution >= 4 is 22.6 Å². The van der Waals surface area contributed by atoms with Gasteiger partial charge in [0.1, 0.15) is 24.3 Å². The minimum Gasteiger partial charge on any atom is -0.371 e. The molecular weight excluding hydrogens is 372 g/mol. The van der Waals surface area contributed by atoms with Gasteiger partial charge in [0.15, 0.2) is 5.82 Å². The molecule has 1 aliphatic heterocycles. The van der Waals surface area contributed by atoms with Crippen molar-refractivity contribution in [3.8, 4) is 0 Å². The van der Waals surface area contributed by atoms with E-state index in [-0.39, 0.29) is 24.6 Å². The molecule has 0 radical (unpaired) electrons. The Morgan fingerprint density at radius 3 is 3.10 bits per heavy atom. The Kier molecular flexibility index (Phi) is 5.66. The number of nitrogens with zero attached hydrogens (tertiary/aromatic N) is 5. The lowest BCUT2D eigenvalue weighted by Crippen LogP contribution is -2.43. The molecule has 0 spiro atoms. The first-order valence-corrected chi connectivity index (χ1v) is 9.85. The van der Waals surface area contributed by atoms with E-state index in [1.165, 1.54) is 0 Å². The van der Waals surface area contributed by atoms with Crippen LogP contribution in [0.15, 0.2) is 35.1 Å². The molecule has 9 nitrogen and oxygen atoms in total. The van der Waals surface area contributed by atoms with Crippen LogP contribution >= 0.6 is 0 Å². The summed E-state index contributed by atoms with van der Waals surface area (Å²) < 4.78 is 10.7. The number of hydrogen-bond acceptors (Lipinski definition) is 8. The number of fused-ring (bicyclic) bond motifs is 1. The largest absolute Gasteiger partial charge is 0.371 e. The summed E-state index contributed by atoms with van der Waals surface area (Å²) in [5.41, 5.74) is 0.866. The average Bonchev–Trinajstić information content (AvgIpc) is 3.41. The van der Waals surface area contributed by atoms with E-state index in [1.54, 1.807) is 6.33 Å². The highest BCUT2D eigenvalue weighted by Gasteiger charge is 2.32. The zero-order valence-corrected chi connectivity index (χ0v) is 16.5. The van der Waals surface area contributed by atoms with E-state index in [4.69, 9.17) is 9.26 Å². The number of anilines is 1. The maximum absolute atomic E-state index is 12.9. The third-order valence-electron chi connectivity index (χ3n) is 5.03. The average molecular weight is 396 g/mol. The van der Waals surface area contributed by atoms with E-state index < -0.39 is 0 Å². The lowest BCUT2D eigenvalue weighted by atomic mass is 10.2. The van der Waals surface area contributed by atoms with Crippen LogP contribution in [0.5, 0.6) is 0 Å². The van der Waals surface area contributed by atoms with Crippen LogP contribution in [0.2, 0.25) is 0 Å². The summed E-state index contributed by atoms with van der Waals surface area (Å²) in [6, 6.07) is 7.53. The number of rotatable bonds is 7. The number of carbonyl (C=O) groups excluding carboxylic acids is 1. The number of hydrogen-bond donors (Lipinski definition) is 1. The monoisotopic (exact) mass is 396 g/mol. The quantitative estimate of drug-likeness (QED) is 0.649. The van der Waals surface area contributed by atoms with Gasteiger partial charge in [-0.05, 0) is 38.8 Å². The number of carbonyl (C=O) groups is 1. The third kappa shape index (κ3) is 4.04. The Bertz CT molecular complexity index is 986. The first-order chi connectivity index (χ1) is 14.2. The second-order valence-electron chi connectivity index (χ2n) is 6.93. The molecule has 0 saturated carbocycles. The summed E-state index contributed by atoms with van der Waals surface area (Å²) in [7, 11) is 0.